The SMILES string of the molecule is Cn1cnc(CNC2CCSC2)c1. The van der Waals surface area contributed by atoms with Gasteiger partial charge in [-0.2, -0.15) is 11.8 Å². The van der Waals surface area contributed by atoms with Gasteiger partial charge in [0.25, 0.3) is 0 Å². The molecule has 1 saturated heterocycles. The maximum Gasteiger partial charge on any atom is 0.0947 e. The molecule has 1 atom stereocenters. The summed E-state index contributed by atoms with van der Waals surface area (Å²) in [6.07, 6.45) is 5.22. The Morgan fingerprint density at radius 3 is 3.31 bits per heavy atom. The molecule has 0 aliphatic carbocycles. The lowest BCUT2D eigenvalue weighted by Crippen LogP contribution is -2.28. The van der Waals surface area contributed by atoms with Gasteiger partial charge in [0, 0.05) is 31.6 Å². The number of hydrogen-bond acceptors (Lipinski definition) is 3. The molecule has 0 amide bonds. The fourth-order valence-electron chi connectivity index (χ4n) is 1.50. The molecule has 1 aliphatic heterocycles. The maximum absolute atomic E-state index is 4.27. The zero-order valence-corrected chi connectivity index (χ0v) is 8.68. The molecule has 3 nitrogen and oxygen atoms in total. The van der Waals surface area contributed by atoms with E-state index in [-0.39, 0.29) is 0 Å². The van der Waals surface area contributed by atoms with Crippen LogP contribution in [0.1, 0.15) is 12.1 Å². The normalized spacial score (nSPS) is 22.4. The lowest BCUT2D eigenvalue weighted by Gasteiger charge is -2.08. The highest BCUT2D eigenvalue weighted by Crippen LogP contribution is 2.17. The van der Waals surface area contributed by atoms with Gasteiger partial charge in [0.05, 0.1) is 12.0 Å². The molecule has 1 aromatic rings. The van der Waals surface area contributed by atoms with Crippen molar-refractivity contribution >= 4 is 11.8 Å². The van der Waals surface area contributed by atoms with Gasteiger partial charge in [0.15, 0.2) is 0 Å². The van der Waals surface area contributed by atoms with Crippen LogP contribution in [-0.4, -0.2) is 27.1 Å². The number of thioether (sulfide) groups is 1. The summed E-state index contributed by atoms with van der Waals surface area (Å²) in [7, 11) is 2.00. The van der Waals surface area contributed by atoms with Crippen molar-refractivity contribution in [2.24, 2.45) is 7.05 Å². The third-order valence-electron chi connectivity index (χ3n) is 2.26. The topological polar surface area (TPSA) is 29.9 Å². The molecule has 1 unspecified atom stereocenters. The summed E-state index contributed by atoms with van der Waals surface area (Å²) in [5, 5.41) is 3.51. The molecule has 0 saturated carbocycles. The summed E-state index contributed by atoms with van der Waals surface area (Å²) in [6.45, 7) is 0.909. The standard InChI is InChI=1S/C9H15N3S/c1-12-5-9(11-7-12)4-10-8-2-3-13-6-8/h5,7-8,10H,2-4,6H2,1H3. The average molecular weight is 197 g/mol. The first-order valence-electron chi connectivity index (χ1n) is 4.62. The van der Waals surface area contributed by atoms with Crippen LogP contribution < -0.4 is 5.32 Å². The van der Waals surface area contributed by atoms with Gasteiger partial charge in [-0.25, -0.2) is 4.98 Å². The second kappa shape index (κ2) is 4.15. The van der Waals surface area contributed by atoms with E-state index in [2.05, 4.69) is 16.5 Å². The van der Waals surface area contributed by atoms with Crippen molar-refractivity contribution in [1.29, 1.82) is 0 Å². The Balaban J connectivity index is 1.78. The Hall–Kier alpha value is -0.480. The molecule has 0 radical (unpaired) electrons. The van der Waals surface area contributed by atoms with E-state index < -0.39 is 0 Å². The average Bonchev–Trinajstić information content (AvgIpc) is 2.71. The van der Waals surface area contributed by atoms with Crippen LogP contribution >= 0.6 is 11.8 Å². The van der Waals surface area contributed by atoms with Crippen molar-refractivity contribution in [2.75, 3.05) is 11.5 Å². The van der Waals surface area contributed by atoms with Gasteiger partial charge in [0.1, 0.15) is 0 Å². The number of aryl methyl sites for hydroxylation is 1. The van der Waals surface area contributed by atoms with Crippen molar-refractivity contribution < 1.29 is 0 Å². The van der Waals surface area contributed by atoms with Crippen LogP contribution in [0, 0.1) is 0 Å². The number of hydrogen-bond donors (Lipinski definition) is 1. The molecule has 2 rings (SSSR count). The van der Waals surface area contributed by atoms with Crippen LogP contribution in [0.25, 0.3) is 0 Å². The molecule has 0 bridgehead atoms. The summed E-state index contributed by atoms with van der Waals surface area (Å²) < 4.78 is 1.99. The van der Waals surface area contributed by atoms with Crippen molar-refractivity contribution in [3.05, 3.63) is 18.2 Å². The molecule has 1 N–H and O–H groups in total. The largest absolute Gasteiger partial charge is 0.340 e. The Morgan fingerprint density at radius 1 is 1.77 bits per heavy atom. The first-order valence-corrected chi connectivity index (χ1v) is 5.78. The maximum atomic E-state index is 4.27. The molecular weight excluding hydrogens is 182 g/mol. The molecule has 1 fully saturated rings. The van der Waals surface area contributed by atoms with Crippen LogP contribution in [0.4, 0.5) is 0 Å². The molecular formula is C9H15N3S. The lowest BCUT2D eigenvalue weighted by atomic mass is 10.2. The Kier molecular flexibility index (Phi) is 2.90. The van der Waals surface area contributed by atoms with Crippen LogP contribution in [0.2, 0.25) is 0 Å². The predicted octanol–water partition coefficient (Wildman–Crippen LogP) is 1.02. The van der Waals surface area contributed by atoms with Crippen molar-refractivity contribution in [3.8, 4) is 0 Å². The van der Waals surface area contributed by atoms with E-state index in [1.165, 1.54) is 17.9 Å². The predicted molar refractivity (Wildman–Crippen MR) is 55.8 cm³/mol. The van der Waals surface area contributed by atoms with E-state index in [0.717, 1.165) is 12.2 Å². The van der Waals surface area contributed by atoms with Gasteiger partial charge >= 0.3 is 0 Å². The van der Waals surface area contributed by atoms with Crippen LogP contribution in [0.3, 0.4) is 0 Å². The van der Waals surface area contributed by atoms with E-state index in [1.54, 1.807) is 0 Å². The van der Waals surface area contributed by atoms with Crippen LogP contribution in [-0.2, 0) is 13.6 Å². The third kappa shape index (κ3) is 2.48. The number of imidazole rings is 1. The Morgan fingerprint density at radius 2 is 2.69 bits per heavy atom. The summed E-state index contributed by atoms with van der Waals surface area (Å²) in [4.78, 5) is 4.27. The minimum absolute atomic E-state index is 0.701. The summed E-state index contributed by atoms with van der Waals surface area (Å²) >= 11 is 2.03. The Labute approximate surface area is 82.9 Å². The van der Waals surface area contributed by atoms with E-state index in [1.807, 2.05) is 29.7 Å². The smallest absolute Gasteiger partial charge is 0.0947 e. The molecule has 4 heteroatoms. The van der Waals surface area contributed by atoms with Gasteiger partial charge in [0.2, 0.25) is 0 Å². The minimum Gasteiger partial charge on any atom is -0.340 e. The quantitative estimate of drug-likeness (QED) is 0.784. The third-order valence-corrected chi connectivity index (χ3v) is 3.42. The number of nitrogens with one attached hydrogen (secondary N) is 1. The monoisotopic (exact) mass is 197 g/mol. The molecule has 72 valence electrons. The second-order valence-corrected chi connectivity index (χ2v) is 4.62. The molecule has 1 aliphatic rings. The lowest BCUT2D eigenvalue weighted by molar-refractivity contribution is 0.553. The molecule has 0 aromatic carbocycles. The van der Waals surface area contributed by atoms with Crippen LogP contribution in [0.5, 0.6) is 0 Å². The fraction of sp³-hybridized carbons (Fsp3) is 0.667. The zero-order chi connectivity index (χ0) is 9.10. The first kappa shape index (κ1) is 9.09. The summed E-state index contributed by atoms with van der Waals surface area (Å²) in [5.41, 5.74) is 1.14. The fourth-order valence-corrected chi connectivity index (χ4v) is 2.69. The van der Waals surface area contributed by atoms with Crippen molar-refractivity contribution in [3.63, 3.8) is 0 Å². The second-order valence-electron chi connectivity index (χ2n) is 3.47. The minimum atomic E-state index is 0.701. The summed E-state index contributed by atoms with van der Waals surface area (Å²) in [5.74, 6) is 2.56. The van der Waals surface area contributed by atoms with Gasteiger partial charge < -0.3 is 9.88 Å². The highest BCUT2D eigenvalue weighted by Gasteiger charge is 2.14. The molecule has 1 aromatic heterocycles. The summed E-state index contributed by atoms with van der Waals surface area (Å²) in [6, 6.07) is 0.701. The zero-order valence-electron chi connectivity index (χ0n) is 7.86. The van der Waals surface area contributed by atoms with Crippen LogP contribution in [0.15, 0.2) is 12.5 Å². The van der Waals surface area contributed by atoms with E-state index in [0.29, 0.717) is 6.04 Å². The van der Waals surface area contributed by atoms with Gasteiger partial charge in [-0.3, -0.25) is 0 Å². The van der Waals surface area contributed by atoms with Gasteiger partial charge in [-0.15, -0.1) is 0 Å². The Bertz CT molecular complexity index is 266. The van der Waals surface area contributed by atoms with Gasteiger partial charge in [-0.05, 0) is 12.2 Å². The highest BCUT2D eigenvalue weighted by molar-refractivity contribution is 7.99. The number of nitrogens with zero attached hydrogens (tertiary/aromatic N) is 2. The highest BCUT2D eigenvalue weighted by atomic mass is 32.2. The van der Waals surface area contributed by atoms with Gasteiger partial charge in [-0.1, -0.05) is 0 Å². The van der Waals surface area contributed by atoms with Crippen molar-refractivity contribution in [1.82, 2.24) is 14.9 Å². The van der Waals surface area contributed by atoms with Crippen molar-refractivity contribution in [2.45, 2.75) is 19.0 Å². The van der Waals surface area contributed by atoms with E-state index in [4.69, 9.17) is 0 Å². The number of aromatic nitrogens is 2. The molecule has 13 heavy (non-hydrogen) atoms. The van der Waals surface area contributed by atoms with E-state index >= 15 is 0 Å². The number of rotatable bonds is 3. The van der Waals surface area contributed by atoms with E-state index in [9.17, 15) is 0 Å². The molecule has 0 spiro atoms. The molecule has 2 heterocycles. The first-order chi connectivity index (χ1) is 6.34.